The SMILES string of the molecule is Cc1cc(Cl)ccc1-c1cnc(CCl)o1. The van der Waals surface area contributed by atoms with Crippen LogP contribution in [0.15, 0.2) is 28.8 Å². The Bertz CT molecular complexity index is 479. The van der Waals surface area contributed by atoms with Gasteiger partial charge in [0.25, 0.3) is 0 Å². The van der Waals surface area contributed by atoms with Crippen LogP contribution in [-0.4, -0.2) is 4.98 Å². The summed E-state index contributed by atoms with van der Waals surface area (Å²) in [5.74, 6) is 1.54. The summed E-state index contributed by atoms with van der Waals surface area (Å²) in [6, 6.07) is 5.63. The molecule has 0 atom stereocenters. The van der Waals surface area contributed by atoms with Crippen LogP contribution in [0.1, 0.15) is 11.5 Å². The lowest BCUT2D eigenvalue weighted by molar-refractivity contribution is 0.528. The first-order valence-electron chi connectivity index (χ1n) is 4.48. The Hall–Kier alpha value is -0.990. The van der Waals surface area contributed by atoms with Crippen molar-refractivity contribution in [1.82, 2.24) is 4.98 Å². The first kappa shape index (κ1) is 10.5. The lowest BCUT2D eigenvalue weighted by Gasteiger charge is -2.01. The molecule has 0 fully saturated rings. The van der Waals surface area contributed by atoms with Crippen LogP contribution in [0.5, 0.6) is 0 Å². The highest BCUT2D eigenvalue weighted by Gasteiger charge is 2.08. The van der Waals surface area contributed by atoms with E-state index in [4.69, 9.17) is 27.6 Å². The van der Waals surface area contributed by atoms with E-state index in [1.807, 2.05) is 25.1 Å². The van der Waals surface area contributed by atoms with E-state index in [2.05, 4.69) is 4.98 Å². The summed E-state index contributed by atoms with van der Waals surface area (Å²) in [5.41, 5.74) is 2.04. The van der Waals surface area contributed by atoms with Crippen molar-refractivity contribution in [2.45, 2.75) is 12.8 Å². The molecular weight excluding hydrogens is 233 g/mol. The van der Waals surface area contributed by atoms with Gasteiger partial charge >= 0.3 is 0 Å². The van der Waals surface area contributed by atoms with Gasteiger partial charge in [0.2, 0.25) is 5.89 Å². The van der Waals surface area contributed by atoms with Crippen molar-refractivity contribution in [2.75, 3.05) is 0 Å². The number of aryl methyl sites for hydroxylation is 1. The van der Waals surface area contributed by atoms with Crippen LogP contribution in [-0.2, 0) is 5.88 Å². The molecule has 1 aromatic carbocycles. The molecule has 0 amide bonds. The summed E-state index contributed by atoms with van der Waals surface area (Å²) >= 11 is 11.5. The second-order valence-electron chi connectivity index (χ2n) is 3.21. The Balaban J connectivity index is 2.44. The molecule has 0 bridgehead atoms. The van der Waals surface area contributed by atoms with Gasteiger partial charge in [-0.3, -0.25) is 0 Å². The van der Waals surface area contributed by atoms with Gasteiger partial charge in [-0.15, -0.1) is 11.6 Å². The van der Waals surface area contributed by atoms with Crippen molar-refractivity contribution >= 4 is 23.2 Å². The molecular formula is C11H9Cl2NO. The van der Waals surface area contributed by atoms with E-state index < -0.39 is 0 Å². The molecule has 0 unspecified atom stereocenters. The summed E-state index contributed by atoms with van der Waals surface area (Å²) < 4.78 is 5.45. The molecule has 0 aliphatic heterocycles. The van der Waals surface area contributed by atoms with Gasteiger partial charge in [-0.1, -0.05) is 11.6 Å². The Morgan fingerprint density at radius 3 is 2.80 bits per heavy atom. The van der Waals surface area contributed by atoms with Crippen LogP contribution in [0.2, 0.25) is 5.02 Å². The third-order valence-electron chi connectivity index (χ3n) is 2.12. The topological polar surface area (TPSA) is 26.0 Å². The van der Waals surface area contributed by atoms with E-state index in [-0.39, 0.29) is 5.88 Å². The number of hydrogen-bond donors (Lipinski definition) is 0. The highest BCUT2D eigenvalue weighted by atomic mass is 35.5. The van der Waals surface area contributed by atoms with E-state index in [1.165, 1.54) is 0 Å². The summed E-state index contributed by atoms with van der Waals surface area (Å²) in [6.45, 7) is 1.98. The molecule has 15 heavy (non-hydrogen) atoms. The van der Waals surface area contributed by atoms with E-state index in [1.54, 1.807) is 6.20 Å². The molecule has 0 radical (unpaired) electrons. The number of nitrogens with zero attached hydrogens (tertiary/aromatic N) is 1. The number of aromatic nitrogens is 1. The van der Waals surface area contributed by atoms with Gasteiger partial charge in [-0.2, -0.15) is 0 Å². The fourth-order valence-electron chi connectivity index (χ4n) is 1.40. The molecule has 1 heterocycles. The molecule has 0 aliphatic rings. The molecule has 2 rings (SSSR count). The molecule has 1 aromatic heterocycles. The zero-order valence-electron chi connectivity index (χ0n) is 8.13. The minimum atomic E-state index is 0.284. The maximum absolute atomic E-state index is 5.87. The van der Waals surface area contributed by atoms with Gasteiger partial charge in [-0.05, 0) is 30.7 Å². The number of benzene rings is 1. The van der Waals surface area contributed by atoms with E-state index in [9.17, 15) is 0 Å². The maximum Gasteiger partial charge on any atom is 0.209 e. The number of oxazole rings is 1. The van der Waals surface area contributed by atoms with Crippen molar-refractivity contribution in [1.29, 1.82) is 0 Å². The van der Waals surface area contributed by atoms with Crippen LogP contribution in [0.3, 0.4) is 0 Å². The van der Waals surface area contributed by atoms with Gasteiger partial charge in [0.1, 0.15) is 0 Å². The Labute approximate surface area is 97.8 Å². The molecule has 0 spiro atoms. The number of alkyl halides is 1. The van der Waals surface area contributed by atoms with Crippen molar-refractivity contribution in [3.05, 3.63) is 40.9 Å². The average molecular weight is 242 g/mol. The van der Waals surface area contributed by atoms with Crippen LogP contribution in [0.4, 0.5) is 0 Å². The highest BCUT2D eigenvalue weighted by Crippen LogP contribution is 2.26. The second-order valence-corrected chi connectivity index (χ2v) is 3.91. The van der Waals surface area contributed by atoms with E-state index in [0.29, 0.717) is 10.9 Å². The first-order valence-corrected chi connectivity index (χ1v) is 5.39. The molecule has 2 aromatic rings. The van der Waals surface area contributed by atoms with Gasteiger partial charge in [-0.25, -0.2) is 4.98 Å². The van der Waals surface area contributed by atoms with Crippen molar-refractivity contribution < 1.29 is 4.42 Å². The molecule has 78 valence electrons. The molecule has 0 saturated heterocycles. The van der Waals surface area contributed by atoms with Crippen LogP contribution >= 0.6 is 23.2 Å². The first-order chi connectivity index (χ1) is 7.20. The monoisotopic (exact) mass is 241 g/mol. The third-order valence-corrected chi connectivity index (χ3v) is 2.59. The number of halogens is 2. The second kappa shape index (κ2) is 4.25. The number of rotatable bonds is 2. The smallest absolute Gasteiger partial charge is 0.209 e. The van der Waals surface area contributed by atoms with Gasteiger partial charge < -0.3 is 4.42 Å². The fourth-order valence-corrected chi connectivity index (χ4v) is 1.75. The predicted octanol–water partition coefficient (Wildman–Crippen LogP) is 4.04. The summed E-state index contributed by atoms with van der Waals surface area (Å²) in [4.78, 5) is 4.04. The lowest BCUT2D eigenvalue weighted by Crippen LogP contribution is -1.80. The highest BCUT2D eigenvalue weighted by molar-refractivity contribution is 6.30. The lowest BCUT2D eigenvalue weighted by atomic mass is 10.1. The Morgan fingerprint density at radius 1 is 1.40 bits per heavy atom. The largest absolute Gasteiger partial charge is 0.439 e. The summed E-state index contributed by atoms with van der Waals surface area (Å²) in [5, 5.41) is 0.716. The fraction of sp³-hybridized carbons (Fsp3) is 0.182. The molecule has 0 saturated carbocycles. The van der Waals surface area contributed by atoms with Gasteiger partial charge in [0, 0.05) is 10.6 Å². The van der Waals surface area contributed by atoms with Gasteiger partial charge in [0.05, 0.1) is 12.1 Å². The molecule has 2 nitrogen and oxygen atoms in total. The van der Waals surface area contributed by atoms with E-state index >= 15 is 0 Å². The quantitative estimate of drug-likeness (QED) is 0.742. The standard InChI is InChI=1S/C11H9Cl2NO/c1-7-4-8(13)2-3-9(7)10-6-14-11(5-12)15-10/h2-4,6H,5H2,1H3. The van der Waals surface area contributed by atoms with Crippen molar-refractivity contribution in [3.8, 4) is 11.3 Å². The summed E-state index contributed by atoms with van der Waals surface area (Å²) in [6.07, 6.45) is 1.67. The minimum Gasteiger partial charge on any atom is -0.439 e. The van der Waals surface area contributed by atoms with Crippen molar-refractivity contribution in [2.24, 2.45) is 0 Å². The number of hydrogen-bond acceptors (Lipinski definition) is 2. The van der Waals surface area contributed by atoms with E-state index in [0.717, 1.165) is 16.9 Å². The van der Waals surface area contributed by atoms with Crippen LogP contribution in [0, 0.1) is 6.92 Å². The van der Waals surface area contributed by atoms with Gasteiger partial charge in [0.15, 0.2) is 5.76 Å². The summed E-state index contributed by atoms with van der Waals surface area (Å²) in [7, 11) is 0. The maximum atomic E-state index is 5.87. The molecule has 0 aliphatic carbocycles. The van der Waals surface area contributed by atoms with Crippen molar-refractivity contribution in [3.63, 3.8) is 0 Å². The third kappa shape index (κ3) is 2.16. The zero-order chi connectivity index (χ0) is 10.8. The Morgan fingerprint density at radius 2 is 2.20 bits per heavy atom. The van der Waals surface area contributed by atoms with Crippen LogP contribution in [0.25, 0.3) is 11.3 Å². The minimum absolute atomic E-state index is 0.284. The average Bonchev–Trinajstić information content (AvgIpc) is 2.66. The molecule has 0 N–H and O–H groups in total. The van der Waals surface area contributed by atoms with Crippen LogP contribution < -0.4 is 0 Å². The normalized spacial score (nSPS) is 10.6. The zero-order valence-corrected chi connectivity index (χ0v) is 9.64. The predicted molar refractivity (Wildman–Crippen MR) is 61.2 cm³/mol. The Kier molecular flexibility index (Phi) is 2.98. The molecule has 4 heteroatoms.